The maximum absolute atomic E-state index is 5.79. The van der Waals surface area contributed by atoms with E-state index in [2.05, 4.69) is 12.2 Å². The molecule has 1 aromatic heterocycles. The Hall–Kier alpha value is -1.58. The summed E-state index contributed by atoms with van der Waals surface area (Å²) in [6, 6.07) is 14.4. The lowest BCUT2D eigenvalue weighted by Gasteiger charge is -2.10. The summed E-state index contributed by atoms with van der Waals surface area (Å²) in [6.07, 6.45) is 0. The smallest absolute Gasteiger partial charge is 0.134 e. The third-order valence-corrected chi connectivity index (χ3v) is 2.76. The number of furan rings is 1. The molecule has 0 saturated heterocycles. The minimum Gasteiger partial charge on any atom is -0.460 e. The normalized spacial score (nSPS) is 12.6. The highest BCUT2D eigenvalue weighted by Gasteiger charge is 2.06. The number of methoxy groups -OCH3 is 1. The Bertz CT molecular complexity index is 464. The Morgan fingerprint density at radius 3 is 2.67 bits per heavy atom. The fourth-order valence-corrected chi connectivity index (χ4v) is 1.81. The average molecular weight is 245 g/mol. The standard InChI is InChI=1S/C15H19NO2/c1-12(11-17-2)16-10-14-8-9-15(18-14)13-6-4-3-5-7-13/h3-9,12,16H,10-11H2,1-2H3. The van der Waals surface area contributed by atoms with Gasteiger partial charge in [0.1, 0.15) is 11.5 Å². The van der Waals surface area contributed by atoms with Gasteiger partial charge in [-0.05, 0) is 19.1 Å². The lowest BCUT2D eigenvalue weighted by atomic mass is 10.2. The van der Waals surface area contributed by atoms with Crippen molar-refractivity contribution in [2.75, 3.05) is 13.7 Å². The minimum atomic E-state index is 0.320. The fraction of sp³-hybridized carbons (Fsp3) is 0.333. The van der Waals surface area contributed by atoms with E-state index >= 15 is 0 Å². The molecular weight excluding hydrogens is 226 g/mol. The van der Waals surface area contributed by atoms with Crippen LogP contribution >= 0.6 is 0 Å². The van der Waals surface area contributed by atoms with Crippen LogP contribution in [0.4, 0.5) is 0 Å². The Kier molecular flexibility index (Phi) is 4.56. The second kappa shape index (κ2) is 6.38. The molecule has 0 fully saturated rings. The highest BCUT2D eigenvalue weighted by Crippen LogP contribution is 2.21. The van der Waals surface area contributed by atoms with Crippen molar-refractivity contribution in [3.63, 3.8) is 0 Å². The molecule has 0 spiro atoms. The van der Waals surface area contributed by atoms with Gasteiger partial charge in [0, 0.05) is 18.7 Å². The van der Waals surface area contributed by atoms with Gasteiger partial charge in [-0.1, -0.05) is 30.3 Å². The Morgan fingerprint density at radius 1 is 1.17 bits per heavy atom. The first-order chi connectivity index (χ1) is 8.79. The Labute approximate surface area is 108 Å². The van der Waals surface area contributed by atoms with Crippen LogP contribution in [-0.4, -0.2) is 19.8 Å². The zero-order valence-electron chi connectivity index (χ0n) is 10.8. The van der Waals surface area contributed by atoms with Crippen LogP contribution in [0, 0.1) is 0 Å². The zero-order chi connectivity index (χ0) is 12.8. The summed E-state index contributed by atoms with van der Waals surface area (Å²) in [4.78, 5) is 0. The van der Waals surface area contributed by atoms with Crippen molar-refractivity contribution >= 4 is 0 Å². The highest BCUT2D eigenvalue weighted by molar-refractivity contribution is 5.57. The maximum atomic E-state index is 5.79. The maximum Gasteiger partial charge on any atom is 0.134 e. The number of ether oxygens (including phenoxy) is 1. The van der Waals surface area contributed by atoms with Gasteiger partial charge in [0.15, 0.2) is 0 Å². The first-order valence-corrected chi connectivity index (χ1v) is 6.16. The summed E-state index contributed by atoms with van der Waals surface area (Å²) in [6.45, 7) is 3.51. The molecule has 0 saturated carbocycles. The molecule has 1 aromatic carbocycles. The molecule has 96 valence electrons. The van der Waals surface area contributed by atoms with Gasteiger partial charge in [-0.3, -0.25) is 0 Å². The molecule has 1 heterocycles. The van der Waals surface area contributed by atoms with Crippen LogP contribution in [0.5, 0.6) is 0 Å². The lowest BCUT2D eigenvalue weighted by Crippen LogP contribution is -2.29. The second-order valence-electron chi connectivity index (χ2n) is 4.37. The first kappa shape index (κ1) is 12.9. The van der Waals surface area contributed by atoms with Crippen molar-refractivity contribution in [3.05, 3.63) is 48.2 Å². The van der Waals surface area contributed by atoms with Gasteiger partial charge in [-0.15, -0.1) is 0 Å². The second-order valence-corrected chi connectivity index (χ2v) is 4.37. The molecule has 0 bridgehead atoms. The van der Waals surface area contributed by atoms with E-state index in [0.29, 0.717) is 12.6 Å². The lowest BCUT2D eigenvalue weighted by molar-refractivity contribution is 0.170. The molecule has 2 rings (SSSR count). The van der Waals surface area contributed by atoms with Gasteiger partial charge in [0.2, 0.25) is 0 Å². The van der Waals surface area contributed by atoms with Crippen LogP contribution in [-0.2, 0) is 11.3 Å². The molecule has 1 N–H and O–H groups in total. The summed E-state index contributed by atoms with van der Waals surface area (Å²) < 4.78 is 10.9. The monoisotopic (exact) mass is 245 g/mol. The molecule has 1 unspecified atom stereocenters. The van der Waals surface area contributed by atoms with E-state index in [0.717, 1.165) is 23.6 Å². The van der Waals surface area contributed by atoms with Gasteiger partial charge in [0.25, 0.3) is 0 Å². The van der Waals surface area contributed by atoms with E-state index in [9.17, 15) is 0 Å². The van der Waals surface area contributed by atoms with Crippen molar-refractivity contribution in [2.45, 2.75) is 19.5 Å². The van der Waals surface area contributed by atoms with E-state index in [-0.39, 0.29) is 0 Å². The van der Waals surface area contributed by atoms with E-state index < -0.39 is 0 Å². The van der Waals surface area contributed by atoms with Gasteiger partial charge in [0.05, 0.1) is 13.2 Å². The fourth-order valence-electron chi connectivity index (χ4n) is 1.81. The van der Waals surface area contributed by atoms with Crippen LogP contribution in [0.25, 0.3) is 11.3 Å². The molecular formula is C15H19NO2. The number of nitrogens with one attached hydrogen (secondary N) is 1. The number of hydrogen-bond donors (Lipinski definition) is 1. The summed E-state index contributed by atoms with van der Waals surface area (Å²) in [5.41, 5.74) is 1.11. The molecule has 0 aliphatic heterocycles. The first-order valence-electron chi connectivity index (χ1n) is 6.16. The van der Waals surface area contributed by atoms with Crippen LogP contribution in [0.3, 0.4) is 0 Å². The van der Waals surface area contributed by atoms with Crippen LogP contribution < -0.4 is 5.32 Å². The summed E-state index contributed by atoms with van der Waals surface area (Å²) >= 11 is 0. The van der Waals surface area contributed by atoms with Gasteiger partial charge in [-0.25, -0.2) is 0 Å². The average Bonchev–Trinajstić information content (AvgIpc) is 2.87. The molecule has 3 heteroatoms. The largest absolute Gasteiger partial charge is 0.460 e. The third-order valence-electron chi connectivity index (χ3n) is 2.76. The Balaban J connectivity index is 1.95. The predicted molar refractivity (Wildman–Crippen MR) is 72.3 cm³/mol. The molecule has 0 amide bonds. The molecule has 18 heavy (non-hydrogen) atoms. The topological polar surface area (TPSA) is 34.4 Å². The van der Waals surface area contributed by atoms with Crippen molar-refractivity contribution in [1.29, 1.82) is 0 Å². The quantitative estimate of drug-likeness (QED) is 0.849. The predicted octanol–water partition coefficient (Wildman–Crippen LogP) is 3.07. The SMILES string of the molecule is COCC(C)NCc1ccc(-c2ccccc2)o1. The van der Waals surface area contributed by atoms with Crippen molar-refractivity contribution in [3.8, 4) is 11.3 Å². The summed E-state index contributed by atoms with van der Waals surface area (Å²) in [7, 11) is 1.71. The number of hydrogen-bond acceptors (Lipinski definition) is 3. The van der Waals surface area contributed by atoms with Gasteiger partial charge < -0.3 is 14.5 Å². The summed E-state index contributed by atoms with van der Waals surface area (Å²) in [5, 5.41) is 3.35. The zero-order valence-corrected chi connectivity index (χ0v) is 10.8. The number of rotatable bonds is 6. The van der Waals surface area contributed by atoms with E-state index in [1.807, 2.05) is 42.5 Å². The van der Waals surface area contributed by atoms with Gasteiger partial charge >= 0.3 is 0 Å². The van der Waals surface area contributed by atoms with Crippen molar-refractivity contribution in [2.24, 2.45) is 0 Å². The van der Waals surface area contributed by atoms with E-state index in [1.54, 1.807) is 7.11 Å². The molecule has 0 radical (unpaired) electrons. The van der Waals surface area contributed by atoms with Crippen LogP contribution in [0.2, 0.25) is 0 Å². The minimum absolute atomic E-state index is 0.320. The van der Waals surface area contributed by atoms with E-state index in [1.165, 1.54) is 0 Å². The molecule has 1 atom stereocenters. The Morgan fingerprint density at radius 2 is 1.94 bits per heavy atom. The summed E-state index contributed by atoms with van der Waals surface area (Å²) in [5.74, 6) is 1.85. The van der Waals surface area contributed by atoms with E-state index in [4.69, 9.17) is 9.15 Å². The van der Waals surface area contributed by atoms with Crippen LogP contribution in [0.1, 0.15) is 12.7 Å². The van der Waals surface area contributed by atoms with Crippen molar-refractivity contribution < 1.29 is 9.15 Å². The molecule has 3 nitrogen and oxygen atoms in total. The third kappa shape index (κ3) is 3.45. The molecule has 0 aliphatic carbocycles. The highest BCUT2D eigenvalue weighted by atomic mass is 16.5. The molecule has 0 aliphatic rings. The molecule has 2 aromatic rings. The van der Waals surface area contributed by atoms with Crippen LogP contribution in [0.15, 0.2) is 46.9 Å². The van der Waals surface area contributed by atoms with Gasteiger partial charge in [-0.2, -0.15) is 0 Å². The van der Waals surface area contributed by atoms with Crippen molar-refractivity contribution in [1.82, 2.24) is 5.32 Å². The number of benzene rings is 1.